The SMILES string of the molecule is COCCCNC(=O)c1c(O)cccc1OC. The van der Waals surface area contributed by atoms with Crippen molar-refractivity contribution in [3.05, 3.63) is 23.8 Å². The van der Waals surface area contributed by atoms with Crippen molar-refractivity contribution < 1.29 is 19.4 Å². The third-order valence-electron chi connectivity index (χ3n) is 2.26. The van der Waals surface area contributed by atoms with Crippen molar-refractivity contribution in [2.75, 3.05) is 27.4 Å². The number of ether oxygens (including phenoxy) is 2. The highest BCUT2D eigenvalue weighted by molar-refractivity contribution is 5.99. The summed E-state index contributed by atoms with van der Waals surface area (Å²) in [7, 11) is 3.06. The second-order valence-corrected chi connectivity index (χ2v) is 3.46. The minimum atomic E-state index is -0.351. The molecule has 2 N–H and O–H groups in total. The van der Waals surface area contributed by atoms with Crippen molar-refractivity contribution in [1.29, 1.82) is 0 Å². The Morgan fingerprint density at radius 2 is 2.18 bits per heavy atom. The van der Waals surface area contributed by atoms with Crippen molar-refractivity contribution in [2.45, 2.75) is 6.42 Å². The smallest absolute Gasteiger partial charge is 0.258 e. The van der Waals surface area contributed by atoms with E-state index in [0.717, 1.165) is 6.42 Å². The average Bonchev–Trinajstić information content (AvgIpc) is 2.34. The van der Waals surface area contributed by atoms with Gasteiger partial charge in [0, 0.05) is 20.3 Å². The first-order chi connectivity index (χ1) is 8.20. The maximum Gasteiger partial charge on any atom is 0.258 e. The molecule has 1 rings (SSSR count). The van der Waals surface area contributed by atoms with E-state index < -0.39 is 0 Å². The molecule has 0 saturated heterocycles. The zero-order chi connectivity index (χ0) is 12.7. The molecule has 0 spiro atoms. The molecule has 0 heterocycles. The second-order valence-electron chi connectivity index (χ2n) is 3.46. The van der Waals surface area contributed by atoms with Crippen LogP contribution in [0.3, 0.4) is 0 Å². The molecule has 0 radical (unpaired) electrons. The van der Waals surface area contributed by atoms with E-state index in [0.29, 0.717) is 18.9 Å². The first-order valence-electron chi connectivity index (χ1n) is 5.33. The van der Waals surface area contributed by atoms with Gasteiger partial charge in [-0.2, -0.15) is 0 Å². The van der Waals surface area contributed by atoms with Crippen molar-refractivity contribution in [3.8, 4) is 11.5 Å². The van der Waals surface area contributed by atoms with Gasteiger partial charge in [0.2, 0.25) is 0 Å². The first-order valence-corrected chi connectivity index (χ1v) is 5.33. The number of phenols is 1. The van der Waals surface area contributed by atoms with E-state index in [1.807, 2.05) is 0 Å². The largest absolute Gasteiger partial charge is 0.507 e. The fraction of sp³-hybridized carbons (Fsp3) is 0.417. The van der Waals surface area contributed by atoms with Gasteiger partial charge in [0.15, 0.2) is 0 Å². The lowest BCUT2D eigenvalue weighted by molar-refractivity contribution is 0.0943. The van der Waals surface area contributed by atoms with Crippen LogP contribution < -0.4 is 10.1 Å². The van der Waals surface area contributed by atoms with Gasteiger partial charge >= 0.3 is 0 Å². The minimum absolute atomic E-state index is 0.0893. The predicted octanol–water partition coefficient (Wildman–Crippen LogP) is 1.17. The quantitative estimate of drug-likeness (QED) is 0.731. The number of hydrogen-bond donors (Lipinski definition) is 2. The lowest BCUT2D eigenvalue weighted by atomic mass is 10.1. The summed E-state index contributed by atoms with van der Waals surface area (Å²) in [6, 6.07) is 4.70. The molecule has 0 unspecified atom stereocenters. The van der Waals surface area contributed by atoms with Crippen LogP contribution in [0.25, 0.3) is 0 Å². The molecule has 94 valence electrons. The lowest BCUT2D eigenvalue weighted by Gasteiger charge is -2.10. The van der Waals surface area contributed by atoms with Crippen LogP contribution in [-0.2, 0) is 4.74 Å². The van der Waals surface area contributed by atoms with E-state index in [4.69, 9.17) is 9.47 Å². The van der Waals surface area contributed by atoms with Crippen LogP contribution in [0.15, 0.2) is 18.2 Å². The van der Waals surface area contributed by atoms with Gasteiger partial charge in [0.25, 0.3) is 5.91 Å². The van der Waals surface area contributed by atoms with Crippen LogP contribution in [0.1, 0.15) is 16.8 Å². The van der Waals surface area contributed by atoms with Gasteiger partial charge in [-0.15, -0.1) is 0 Å². The Hall–Kier alpha value is -1.75. The number of hydrogen-bond acceptors (Lipinski definition) is 4. The van der Waals surface area contributed by atoms with Gasteiger partial charge in [-0.05, 0) is 18.6 Å². The average molecular weight is 239 g/mol. The van der Waals surface area contributed by atoms with Crippen LogP contribution in [0.2, 0.25) is 0 Å². The van der Waals surface area contributed by atoms with Crippen molar-refractivity contribution in [3.63, 3.8) is 0 Å². The Kier molecular flexibility index (Phi) is 5.29. The number of amides is 1. The van der Waals surface area contributed by atoms with Gasteiger partial charge in [0.05, 0.1) is 7.11 Å². The van der Waals surface area contributed by atoms with E-state index in [2.05, 4.69) is 5.32 Å². The molecule has 0 atom stereocenters. The van der Waals surface area contributed by atoms with Crippen molar-refractivity contribution in [2.24, 2.45) is 0 Å². The highest BCUT2D eigenvalue weighted by Gasteiger charge is 2.16. The molecular weight excluding hydrogens is 222 g/mol. The van der Waals surface area contributed by atoms with Gasteiger partial charge in [-0.25, -0.2) is 0 Å². The zero-order valence-electron chi connectivity index (χ0n) is 10.0. The Balaban J connectivity index is 2.68. The standard InChI is InChI=1S/C12H17NO4/c1-16-8-4-7-13-12(15)11-9(14)5-3-6-10(11)17-2/h3,5-6,14H,4,7-8H2,1-2H3,(H,13,15). The number of aromatic hydroxyl groups is 1. The Bertz CT molecular complexity index is 379. The second kappa shape index (κ2) is 6.75. The summed E-state index contributed by atoms with van der Waals surface area (Å²) in [6.45, 7) is 1.07. The Labute approximate surface area is 100 Å². The minimum Gasteiger partial charge on any atom is -0.507 e. The fourth-order valence-electron chi connectivity index (χ4n) is 1.42. The molecule has 0 saturated carbocycles. The van der Waals surface area contributed by atoms with Gasteiger partial charge in [-0.1, -0.05) is 6.07 Å². The maximum absolute atomic E-state index is 11.8. The number of carbonyl (C=O) groups excluding carboxylic acids is 1. The molecule has 1 aromatic carbocycles. The third-order valence-corrected chi connectivity index (χ3v) is 2.26. The summed E-state index contributed by atoms with van der Waals surface area (Å²) in [5.74, 6) is -0.0844. The van der Waals surface area contributed by atoms with Crippen LogP contribution in [0.4, 0.5) is 0 Å². The number of benzene rings is 1. The molecule has 1 amide bonds. The van der Waals surface area contributed by atoms with E-state index >= 15 is 0 Å². The monoisotopic (exact) mass is 239 g/mol. The van der Waals surface area contributed by atoms with E-state index in [1.165, 1.54) is 13.2 Å². The highest BCUT2D eigenvalue weighted by Crippen LogP contribution is 2.26. The first kappa shape index (κ1) is 13.3. The molecule has 0 fully saturated rings. The van der Waals surface area contributed by atoms with Gasteiger partial charge in [0.1, 0.15) is 17.1 Å². The molecule has 5 heteroatoms. The van der Waals surface area contributed by atoms with Crippen LogP contribution in [-0.4, -0.2) is 38.4 Å². The van der Waals surface area contributed by atoms with Crippen molar-refractivity contribution >= 4 is 5.91 Å². The normalized spacial score (nSPS) is 10.0. The summed E-state index contributed by atoms with van der Waals surface area (Å²) < 4.78 is 9.90. The maximum atomic E-state index is 11.8. The molecular formula is C12H17NO4. The molecule has 0 aliphatic rings. The molecule has 17 heavy (non-hydrogen) atoms. The number of carbonyl (C=O) groups is 1. The third kappa shape index (κ3) is 3.64. The predicted molar refractivity (Wildman–Crippen MR) is 63.5 cm³/mol. The number of rotatable bonds is 6. The van der Waals surface area contributed by atoms with Gasteiger partial charge in [-0.3, -0.25) is 4.79 Å². The summed E-state index contributed by atoms with van der Waals surface area (Å²) in [4.78, 5) is 11.8. The Morgan fingerprint density at radius 3 is 2.82 bits per heavy atom. The van der Waals surface area contributed by atoms with Crippen LogP contribution in [0, 0.1) is 0 Å². The fourth-order valence-corrected chi connectivity index (χ4v) is 1.42. The number of nitrogens with one attached hydrogen (secondary N) is 1. The van der Waals surface area contributed by atoms with Crippen molar-refractivity contribution in [1.82, 2.24) is 5.32 Å². The van der Waals surface area contributed by atoms with Gasteiger partial charge < -0.3 is 19.9 Å². The summed E-state index contributed by atoms with van der Waals surface area (Å²) in [5.41, 5.74) is 0.160. The molecule has 0 aliphatic heterocycles. The van der Waals surface area contributed by atoms with E-state index in [9.17, 15) is 9.90 Å². The van der Waals surface area contributed by atoms with Crippen LogP contribution in [0.5, 0.6) is 11.5 Å². The molecule has 1 aromatic rings. The highest BCUT2D eigenvalue weighted by atomic mass is 16.5. The summed E-state index contributed by atoms with van der Waals surface area (Å²) >= 11 is 0. The number of phenolic OH excluding ortho intramolecular Hbond substituents is 1. The molecule has 0 aliphatic carbocycles. The van der Waals surface area contributed by atoms with Crippen LogP contribution >= 0.6 is 0 Å². The lowest BCUT2D eigenvalue weighted by Crippen LogP contribution is -2.25. The summed E-state index contributed by atoms with van der Waals surface area (Å²) in [6.07, 6.45) is 0.720. The van der Waals surface area contributed by atoms with E-state index in [1.54, 1.807) is 19.2 Å². The molecule has 0 aromatic heterocycles. The summed E-state index contributed by atoms with van der Waals surface area (Å²) in [5, 5.41) is 12.3. The van der Waals surface area contributed by atoms with E-state index in [-0.39, 0.29) is 17.2 Å². The number of methoxy groups -OCH3 is 2. The topological polar surface area (TPSA) is 67.8 Å². The molecule has 0 bridgehead atoms. The Morgan fingerprint density at radius 1 is 1.41 bits per heavy atom. The zero-order valence-corrected chi connectivity index (χ0v) is 10.0. The molecule has 5 nitrogen and oxygen atoms in total.